The molecule has 4 nitrogen and oxygen atoms in total. The van der Waals surface area contributed by atoms with Crippen LogP contribution in [0.2, 0.25) is 0 Å². The second kappa shape index (κ2) is 2.01. The van der Waals surface area contributed by atoms with E-state index >= 15 is 0 Å². The molecule has 1 aromatic heterocycles. The third kappa shape index (κ3) is 0.728. The van der Waals surface area contributed by atoms with Crippen LogP contribution < -0.4 is 5.56 Å². The van der Waals surface area contributed by atoms with E-state index in [0.29, 0.717) is 19.3 Å². The molecule has 0 saturated heterocycles. The van der Waals surface area contributed by atoms with Crippen molar-refractivity contribution in [2.24, 2.45) is 0 Å². The van der Waals surface area contributed by atoms with Crippen molar-refractivity contribution in [1.82, 2.24) is 9.78 Å². The van der Waals surface area contributed by atoms with Crippen LogP contribution >= 0.6 is 0 Å². The molecule has 0 spiro atoms. The summed E-state index contributed by atoms with van der Waals surface area (Å²) in [6.45, 7) is 1.06. The zero-order chi connectivity index (χ0) is 8.13. The van der Waals surface area contributed by atoms with Crippen molar-refractivity contribution < 1.29 is 4.74 Å². The Kier molecular flexibility index (Phi) is 1.09. The number of rotatable bonds is 1. The Labute approximate surface area is 69.1 Å². The maximum Gasteiger partial charge on any atom is 0.272 e. The SMILES string of the molecule is O=c1c2c([nH]n1C1CC1)COC2. The van der Waals surface area contributed by atoms with Crippen molar-refractivity contribution in [3.63, 3.8) is 0 Å². The standard InChI is InChI=1S/C8H10N2O2/c11-8-6-3-12-4-7(6)9-10(8)5-1-2-5/h5,9H,1-4H2. The third-order valence-electron chi connectivity index (χ3n) is 2.50. The average molecular weight is 166 g/mol. The number of ether oxygens (including phenoxy) is 1. The number of fused-ring (bicyclic) bond motifs is 1. The van der Waals surface area contributed by atoms with E-state index in [4.69, 9.17) is 4.74 Å². The van der Waals surface area contributed by atoms with Gasteiger partial charge in [0.1, 0.15) is 0 Å². The van der Waals surface area contributed by atoms with Gasteiger partial charge >= 0.3 is 0 Å². The first-order valence-electron chi connectivity index (χ1n) is 4.26. The van der Waals surface area contributed by atoms with Crippen molar-refractivity contribution in [1.29, 1.82) is 0 Å². The summed E-state index contributed by atoms with van der Waals surface area (Å²) in [7, 11) is 0. The zero-order valence-corrected chi connectivity index (χ0v) is 6.67. The summed E-state index contributed by atoms with van der Waals surface area (Å²) in [5.41, 5.74) is 1.94. The number of hydrogen-bond donors (Lipinski definition) is 1. The molecule has 2 heterocycles. The van der Waals surface area contributed by atoms with Crippen molar-refractivity contribution in [3.8, 4) is 0 Å². The van der Waals surface area contributed by atoms with Gasteiger partial charge in [0.2, 0.25) is 0 Å². The van der Waals surface area contributed by atoms with Crippen LogP contribution in [0.1, 0.15) is 30.1 Å². The number of nitrogens with one attached hydrogen (secondary N) is 1. The van der Waals surface area contributed by atoms with E-state index in [1.165, 1.54) is 0 Å². The van der Waals surface area contributed by atoms with Crippen molar-refractivity contribution >= 4 is 0 Å². The van der Waals surface area contributed by atoms with Gasteiger partial charge in [-0.3, -0.25) is 9.89 Å². The lowest BCUT2D eigenvalue weighted by molar-refractivity contribution is 0.130. The Bertz CT molecular complexity index is 373. The number of nitrogens with zero attached hydrogens (tertiary/aromatic N) is 1. The zero-order valence-electron chi connectivity index (χ0n) is 6.67. The molecule has 3 rings (SSSR count). The summed E-state index contributed by atoms with van der Waals surface area (Å²) >= 11 is 0. The van der Waals surface area contributed by atoms with E-state index in [0.717, 1.165) is 24.1 Å². The summed E-state index contributed by atoms with van der Waals surface area (Å²) in [6, 6.07) is 0.447. The fraction of sp³-hybridized carbons (Fsp3) is 0.625. The molecule has 0 bridgehead atoms. The number of hydrogen-bond acceptors (Lipinski definition) is 2. The Morgan fingerprint density at radius 2 is 2.25 bits per heavy atom. The van der Waals surface area contributed by atoms with Crippen molar-refractivity contribution in [2.45, 2.75) is 32.1 Å². The number of aromatic amines is 1. The van der Waals surface area contributed by atoms with Crippen LogP contribution in [-0.2, 0) is 18.0 Å². The smallest absolute Gasteiger partial charge is 0.272 e. The summed E-state index contributed by atoms with van der Waals surface area (Å²) < 4.78 is 6.90. The molecule has 1 N–H and O–H groups in total. The van der Waals surface area contributed by atoms with Gasteiger partial charge in [0.25, 0.3) is 5.56 Å². The van der Waals surface area contributed by atoms with E-state index in [1.807, 2.05) is 0 Å². The molecule has 2 aliphatic rings. The Balaban J connectivity index is 2.17. The Morgan fingerprint density at radius 1 is 1.42 bits per heavy atom. The highest BCUT2D eigenvalue weighted by Crippen LogP contribution is 2.33. The lowest BCUT2D eigenvalue weighted by Gasteiger charge is -1.97. The lowest BCUT2D eigenvalue weighted by atomic mass is 10.3. The summed E-state index contributed by atoms with van der Waals surface area (Å²) in [4.78, 5) is 11.6. The molecule has 1 fully saturated rings. The van der Waals surface area contributed by atoms with E-state index in [1.54, 1.807) is 4.68 Å². The molecule has 0 amide bonds. The minimum Gasteiger partial charge on any atom is -0.370 e. The van der Waals surface area contributed by atoms with Gasteiger partial charge in [0.05, 0.1) is 30.5 Å². The highest BCUT2D eigenvalue weighted by atomic mass is 16.5. The normalized spacial score (nSPS) is 21.3. The molecule has 0 aromatic carbocycles. The molecule has 4 heteroatoms. The second-order valence-electron chi connectivity index (χ2n) is 3.47. The Morgan fingerprint density at radius 3 is 2.92 bits per heavy atom. The maximum atomic E-state index is 11.6. The van der Waals surface area contributed by atoms with Crippen LogP contribution in [0.5, 0.6) is 0 Å². The first-order chi connectivity index (χ1) is 5.86. The predicted octanol–water partition coefficient (Wildman–Crippen LogP) is 0.541. The fourth-order valence-corrected chi connectivity index (χ4v) is 1.65. The van der Waals surface area contributed by atoms with Crippen LogP contribution in [0, 0.1) is 0 Å². The van der Waals surface area contributed by atoms with Crippen molar-refractivity contribution in [2.75, 3.05) is 0 Å². The van der Waals surface area contributed by atoms with E-state index in [9.17, 15) is 4.79 Å². The number of H-pyrrole nitrogens is 1. The van der Waals surface area contributed by atoms with Gasteiger partial charge < -0.3 is 4.74 Å². The monoisotopic (exact) mass is 166 g/mol. The summed E-state index contributed by atoms with van der Waals surface area (Å²) in [5, 5.41) is 3.10. The van der Waals surface area contributed by atoms with Crippen LogP contribution in [0.15, 0.2) is 4.79 Å². The van der Waals surface area contributed by atoms with Gasteiger partial charge in [0, 0.05) is 0 Å². The minimum absolute atomic E-state index is 0.130. The summed E-state index contributed by atoms with van der Waals surface area (Å²) in [6.07, 6.45) is 2.28. The highest BCUT2D eigenvalue weighted by molar-refractivity contribution is 5.19. The van der Waals surface area contributed by atoms with Gasteiger partial charge in [-0.25, -0.2) is 4.68 Å². The van der Waals surface area contributed by atoms with Crippen LogP contribution in [0.4, 0.5) is 0 Å². The molecule has 1 saturated carbocycles. The first kappa shape index (κ1) is 6.48. The molecule has 0 radical (unpaired) electrons. The number of aromatic nitrogens is 2. The first-order valence-corrected chi connectivity index (χ1v) is 4.26. The van der Waals surface area contributed by atoms with Gasteiger partial charge in [-0.1, -0.05) is 0 Å². The predicted molar refractivity (Wildman–Crippen MR) is 41.8 cm³/mol. The Hall–Kier alpha value is -1.03. The van der Waals surface area contributed by atoms with Crippen LogP contribution in [-0.4, -0.2) is 9.78 Å². The topological polar surface area (TPSA) is 47.0 Å². The second-order valence-corrected chi connectivity index (χ2v) is 3.47. The van der Waals surface area contributed by atoms with E-state index in [-0.39, 0.29) is 5.56 Å². The highest BCUT2D eigenvalue weighted by Gasteiger charge is 2.29. The molecule has 12 heavy (non-hydrogen) atoms. The molecule has 0 atom stereocenters. The van der Waals surface area contributed by atoms with Crippen LogP contribution in [0.3, 0.4) is 0 Å². The van der Waals surface area contributed by atoms with Crippen molar-refractivity contribution in [3.05, 3.63) is 21.6 Å². The van der Waals surface area contributed by atoms with Gasteiger partial charge in [0.15, 0.2) is 0 Å². The largest absolute Gasteiger partial charge is 0.370 e. The van der Waals surface area contributed by atoms with Crippen LogP contribution in [0.25, 0.3) is 0 Å². The van der Waals surface area contributed by atoms with Gasteiger partial charge in [-0.05, 0) is 12.8 Å². The molecular formula is C8H10N2O2. The molecule has 64 valence electrons. The maximum absolute atomic E-state index is 11.6. The van der Waals surface area contributed by atoms with E-state index < -0.39 is 0 Å². The molecule has 0 unspecified atom stereocenters. The fourth-order valence-electron chi connectivity index (χ4n) is 1.65. The van der Waals surface area contributed by atoms with E-state index in [2.05, 4.69) is 5.10 Å². The molecular weight excluding hydrogens is 156 g/mol. The third-order valence-corrected chi connectivity index (χ3v) is 2.50. The van der Waals surface area contributed by atoms with Gasteiger partial charge in [-0.2, -0.15) is 0 Å². The minimum atomic E-state index is 0.130. The quantitative estimate of drug-likeness (QED) is 0.662. The molecule has 1 aliphatic carbocycles. The summed E-state index contributed by atoms with van der Waals surface area (Å²) in [5.74, 6) is 0. The van der Waals surface area contributed by atoms with Gasteiger partial charge in [-0.15, -0.1) is 0 Å². The lowest BCUT2D eigenvalue weighted by Crippen LogP contribution is -2.17. The average Bonchev–Trinajstić information content (AvgIpc) is 2.71. The molecule has 1 aliphatic heterocycles. The molecule has 1 aromatic rings.